The van der Waals surface area contributed by atoms with Crippen molar-refractivity contribution < 1.29 is 4.74 Å². The lowest BCUT2D eigenvalue weighted by Gasteiger charge is -2.31. The van der Waals surface area contributed by atoms with Crippen LogP contribution in [0.3, 0.4) is 0 Å². The molecule has 1 aromatic carbocycles. The van der Waals surface area contributed by atoms with Gasteiger partial charge < -0.3 is 4.74 Å². The summed E-state index contributed by atoms with van der Waals surface area (Å²) in [5.74, 6) is 1.84. The van der Waals surface area contributed by atoms with Gasteiger partial charge in [-0.15, -0.1) is 0 Å². The summed E-state index contributed by atoms with van der Waals surface area (Å²) in [6.07, 6.45) is 7.81. The van der Waals surface area contributed by atoms with Gasteiger partial charge in [0.2, 0.25) is 0 Å². The molecular weight excluding hydrogens is 276 g/mol. The number of halogens is 1. The quantitative estimate of drug-likeness (QED) is 0.586. The van der Waals surface area contributed by atoms with E-state index >= 15 is 0 Å². The molecule has 0 bridgehead atoms. The standard InChI is InChI=1S/C16H23ClOS/c1-13-10-14(6-7-15(13)17)18-11-16(12-19)8-4-2-3-5-9-16/h6-7,10,19H,2-5,8-9,11-12H2,1H3. The minimum Gasteiger partial charge on any atom is -0.493 e. The average Bonchev–Trinajstić information content (AvgIpc) is 2.66. The van der Waals surface area contributed by atoms with Crippen molar-refractivity contribution in [1.29, 1.82) is 0 Å². The van der Waals surface area contributed by atoms with Crippen LogP contribution in [0, 0.1) is 12.3 Å². The number of hydrogen-bond donors (Lipinski definition) is 1. The fraction of sp³-hybridized carbons (Fsp3) is 0.625. The predicted octanol–water partition coefficient (Wildman–Crippen LogP) is 5.30. The first-order chi connectivity index (χ1) is 9.15. The lowest BCUT2D eigenvalue weighted by Crippen LogP contribution is -2.30. The van der Waals surface area contributed by atoms with Gasteiger partial charge in [-0.1, -0.05) is 37.3 Å². The van der Waals surface area contributed by atoms with Gasteiger partial charge in [-0.05, 0) is 49.3 Å². The van der Waals surface area contributed by atoms with E-state index in [-0.39, 0.29) is 5.41 Å². The van der Waals surface area contributed by atoms with E-state index in [4.69, 9.17) is 16.3 Å². The van der Waals surface area contributed by atoms with Crippen LogP contribution in [-0.4, -0.2) is 12.4 Å². The zero-order valence-corrected chi connectivity index (χ0v) is 13.3. The maximum absolute atomic E-state index is 6.04. The Labute approximate surface area is 127 Å². The normalized spacial score (nSPS) is 18.9. The maximum Gasteiger partial charge on any atom is 0.119 e. The Bertz CT molecular complexity index is 411. The van der Waals surface area contributed by atoms with Crippen molar-refractivity contribution >= 4 is 24.2 Å². The van der Waals surface area contributed by atoms with Gasteiger partial charge in [-0.25, -0.2) is 0 Å². The number of ether oxygens (including phenoxy) is 1. The van der Waals surface area contributed by atoms with E-state index in [0.717, 1.165) is 28.7 Å². The van der Waals surface area contributed by atoms with E-state index in [0.29, 0.717) is 0 Å². The van der Waals surface area contributed by atoms with Crippen LogP contribution < -0.4 is 4.74 Å². The Kier molecular flexibility index (Phi) is 5.47. The number of aryl methyl sites for hydroxylation is 1. The summed E-state index contributed by atoms with van der Waals surface area (Å²) in [5.41, 5.74) is 1.33. The molecule has 3 heteroatoms. The highest BCUT2D eigenvalue weighted by atomic mass is 35.5. The van der Waals surface area contributed by atoms with Gasteiger partial charge in [-0.2, -0.15) is 12.6 Å². The van der Waals surface area contributed by atoms with Gasteiger partial charge in [0, 0.05) is 10.4 Å². The number of rotatable bonds is 4. The third kappa shape index (κ3) is 4.06. The molecule has 19 heavy (non-hydrogen) atoms. The molecule has 0 aromatic heterocycles. The van der Waals surface area contributed by atoms with Gasteiger partial charge in [-0.3, -0.25) is 0 Å². The summed E-state index contributed by atoms with van der Waals surface area (Å²) >= 11 is 10.6. The first kappa shape index (κ1) is 15.1. The van der Waals surface area contributed by atoms with Gasteiger partial charge in [0.05, 0.1) is 6.61 Å². The van der Waals surface area contributed by atoms with Crippen molar-refractivity contribution in [3.05, 3.63) is 28.8 Å². The van der Waals surface area contributed by atoms with E-state index in [2.05, 4.69) is 12.6 Å². The maximum atomic E-state index is 6.04. The van der Waals surface area contributed by atoms with Gasteiger partial charge in [0.1, 0.15) is 5.75 Å². The van der Waals surface area contributed by atoms with E-state index in [9.17, 15) is 0 Å². The zero-order valence-electron chi connectivity index (χ0n) is 11.6. The molecule has 0 atom stereocenters. The molecule has 1 aromatic rings. The van der Waals surface area contributed by atoms with Crippen molar-refractivity contribution in [3.63, 3.8) is 0 Å². The second-order valence-electron chi connectivity index (χ2n) is 5.77. The highest BCUT2D eigenvalue weighted by Crippen LogP contribution is 2.36. The third-order valence-corrected chi connectivity index (χ3v) is 5.27. The smallest absolute Gasteiger partial charge is 0.119 e. The Morgan fingerprint density at radius 1 is 1.21 bits per heavy atom. The van der Waals surface area contributed by atoms with Crippen LogP contribution in [-0.2, 0) is 0 Å². The van der Waals surface area contributed by atoms with Crippen molar-refractivity contribution in [2.24, 2.45) is 5.41 Å². The van der Waals surface area contributed by atoms with E-state index in [1.807, 2.05) is 25.1 Å². The Hall–Kier alpha value is -0.340. The molecule has 0 unspecified atom stereocenters. The second-order valence-corrected chi connectivity index (χ2v) is 6.50. The molecule has 0 saturated heterocycles. The van der Waals surface area contributed by atoms with E-state index in [1.54, 1.807) is 0 Å². The molecule has 0 aliphatic heterocycles. The predicted molar refractivity (Wildman–Crippen MR) is 85.7 cm³/mol. The monoisotopic (exact) mass is 298 g/mol. The average molecular weight is 299 g/mol. The number of thiol groups is 1. The lowest BCUT2D eigenvalue weighted by molar-refractivity contribution is 0.148. The van der Waals surface area contributed by atoms with Gasteiger partial charge in [0.25, 0.3) is 0 Å². The Morgan fingerprint density at radius 3 is 2.47 bits per heavy atom. The van der Waals surface area contributed by atoms with Crippen molar-refractivity contribution in [2.45, 2.75) is 45.4 Å². The van der Waals surface area contributed by atoms with Crippen LogP contribution in [0.1, 0.15) is 44.1 Å². The topological polar surface area (TPSA) is 9.23 Å². The van der Waals surface area contributed by atoms with Crippen molar-refractivity contribution in [3.8, 4) is 5.75 Å². The molecule has 0 N–H and O–H groups in total. The van der Waals surface area contributed by atoms with Crippen LogP contribution in [0.4, 0.5) is 0 Å². The summed E-state index contributed by atoms with van der Waals surface area (Å²) < 4.78 is 6.02. The molecule has 2 rings (SSSR count). The minimum atomic E-state index is 0.257. The highest BCUT2D eigenvalue weighted by Gasteiger charge is 2.30. The summed E-state index contributed by atoms with van der Waals surface area (Å²) in [7, 11) is 0. The van der Waals surface area contributed by atoms with Crippen LogP contribution in [0.15, 0.2) is 18.2 Å². The fourth-order valence-electron chi connectivity index (χ4n) is 2.77. The molecule has 1 nitrogen and oxygen atoms in total. The third-order valence-electron chi connectivity index (χ3n) is 4.17. The summed E-state index contributed by atoms with van der Waals surface area (Å²) in [6, 6.07) is 5.89. The lowest BCUT2D eigenvalue weighted by atomic mass is 9.83. The largest absolute Gasteiger partial charge is 0.493 e. The summed E-state index contributed by atoms with van der Waals surface area (Å²) in [6.45, 7) is 2.78. The summed E-state index contributed by atoms with van der Waals surface area (Å²) in [5, 5.41) is 0.797. The molecule has 0 heterocycles. The number of hydrogen-bond acceptors (Lipinski definition) is 2. The Morgan fingerprint density at radius 2 is 1.89 bits per heavy atom. The minimum absolute atomic E-state index is 0.257. The van der Waals surface area contributed by atoms with Gasteiger partial charge >= 0.3 is 0 Å². The molecule has 0 radical (unpaired) electrons. The summed E-state index contributed by atoms with van der Waals surface area (Å²) in [4.78, 5) is 0. The molecule has 1 aliphatic rings. The highest BCUT2D eigenvalue weighted by molar-refractivity contribution is 7.80. The molecule has 0 amide bonds. The fourth-order valence-corrected chi connectivity index (χ4v) is 3.30. The van der Waals surface area contributed by atoms with Gasteiger partial charge in [0.15, 0.2) is 0 Å². The van der Waals surface area contributed by atoms with Crippen molar-refractivity contribution in [2.75, 3.05) is 12.4 Å². The van der Waals surface area contributed by atoms with Crippen molar-refractivity contribution in [1.82, 2.24) is 0 Å². The SMILES string of the molecule is Cc1cc(OCC2(CS)CCCCCC2)ccc1Cl. The molecular formula is C16H23ClOS. The molecule has 1 saturated carbocycles. The number of benzene rings is 1. The van der Waals surface area contributed by atoms with Crippen LogP contribution in [0.2, 0.25) is 5.02 Å². The van der Waals surface area contributed by atoms with E-state index in [1.165, 1.54) is 38.5 Å². The van der Waals surface area contributed by atoms with Crippen LogP contribution in [0.25, 0.3) is 0 Å². The Balaban J connectivity index is 2.00. The first-order valence-electron chi connectivity index (χ1n) is 7.15. The zero-order chi connectivity index (χ0) is 13.7. The van der Waals surface area contributed by atoms with Crippen LogP contribution >= 0.6 is 24.2 Å². The molecule has 1 aliphatic carbocycles. The second kappa shape index (κ2) is 6.90. The molecule has 1 fully saturated rings. The van der Waals surface area contributed by atoms with E-state index < -0.39 is 0 Å². The van der Waals surface area contributed by atoms with Crippen LogP contribution in [0.5, 0.6) is 5.75 Å². The first-order valence-corrected chi connectivity index (χ1v) is 8.16. The molecule has 0 spiro atoms. The molecule has 106 valence electrons.